The van der Waals surface area contributed by atoms with Crippen LogP contribution >= 0.6 is 11.6 Å². The van der Waals surface area contributed by atoms with Gasteiger partial charge in [0, 0.05) is 29.8 Å². The van der Waals surface area contributed by atoms with Crippen LogP contribution in [0.3, 0.4) is 0 Å². The van der Waals surface area contributed by atoms with Gasteiger partial charge < -0.3 is 20.3 Å². The second-order valence-electron chi connectivity index (χ2n) is 10.8. The zero-order valence-corrected chi connectivity index (χ0v) is 21.8. The van der Waals surface area contributed by atoms with E-state index in [-0.39, 0.29) is 57.4 Å². The van der Waals surface area contributed by atoms with Crippen molar-refractivity contribution < 1.29 is 28.9 Å². The number of aromatic hydroxyl groups is 1. The van der Waals surface area contributed by atoms with Crippen LogP contribution < -0.4 is 10.1 Å². The number of nitrogens with one attached hydrogen (secondary N) is 1. The first kappa shape index (κ1) is 26.3. The Kier molecular flexibility index (Phi) is 6.99. The Morgan fingerprint density at radius 3 is 2.56 bits per heavy atom. The zero-order chi connectivity index (χ0) is 26.4. The summed E-state index contributed by atoms with van der Waals surface area (Å²) in [4.78, 5) is 24.8. The molecule has 194 valence electrons. The SMILES string of the molecule is CCCC(=O)Oc1c(C(=O)O)ccc(NCc2cc(F)cc(Cl)c2O)c1C1CC2CCC1(C)C2(C)C. The van der Waals surface area contributed by atoms with Gasteiger partial charge in [0.15, 0.2) is 5.75 Å². The summed E-state index contributed by atoms with van der Waals surface area (Å²) in [5.74, 6) is -1.99. The number of carboxylic acids is 1. The van der Waals surface area contributed by atoms with Crippen LogP contribution in [0.4, 0.5) is 10.1 Å². The molecule has 0 amide bonds. The molecular formula is C28H33ClFNO5. The van der Waals surface area contributed by atoms with Crippen molar-refractivity contribution in [1.82, 2.24) is 0 Å². The molecule has 2 aromatic carbocycles. The smallest absolute Gasteiger partial charge is 0.339 e. The topological polar surface area (TPSA) is 95.9 Å². The van der Waals surface area contributed by atoms with Crippen LogP contribution in [-0.4, -0.2) is 22.2 Å². The number of hydrogen-bond donors (Lipinski definition) is 3. The number of phenolic OH excluding ortho intramolecular Hbond substituents is 1. The Morgan fingerprint density at radius 1 is 1.25 bits per heavy atom. The molecule has 3 atom stereocenters. The van der Waals surface area contributed by atoms with Crippen LogP contribution in [-0.2, 0) is 11.3 Å². The number of carbonyl (C=O) groups excluding carboxylic acids is 1. The molecule has 4 rings (SSSR count). The number of aromatic carboxylic acids is 1. The third-order valence-corrected chi connectivity index (χ3v) is 9.10. The molecule has 2 aromatic rings. The Bertz CT molecular complexity index is 1210. The number of anilines is 1. The number of rotatable bonds is 8. The number of phenols is 1. The molecule has 0 heterocycles. The van der Waals surface area contributed by atoms with E-state index in [2.05, 4.69) is 26.1 Å². The molecule has 0 aliphatic heterocycles. The van der Waals surface area contributed by atoms with Crippen molar-refractivity contribution in [2.45, 2.75) is 72.3 Å². The first-order valence-corrected chi connectivity index (χ1v) is 12.8. The van der Waals surface area contributed by atoms with Crippen LogP contribution in [0, 0.1) is 22.6 Å². The first-order valence-electron chi connectivity index (χ1n) is 12.4. The van der Waals surface area contributed by atoms with E-state index in [1.165, 1.54) is 12.1 Å². The minimum atomic E-state index is -1.18. The van der Waals surface area contributed by atoms with Gasteiger partial charge in [-0.3, -0.25) is 4.79 Å². The molecule has 0 spiro atoms. The molecule has 8 heteroatoms. The van der Waals surface area contributed by atoms with Crippen molar-refractivity contribution in [1.29, 1.82) is 0 Å². The Balaban J connectivity index is 1.84. The molecule has 0 saturated heterocycles. The molecule has 2 saturated carbocycles. The van der Waals surface area contributed by atoms with E-state index in [4.69, 9.17) is 16.3 Å². The molecule has 2 aliphatic rings. The van der Waals surface area contributed by atoms with Crippen molar-refractivity contribution in [2.75, 3.05) is 5.32 Å². The van der Waals surface area contributed by atoms with E-state index in [1.54, 1.807) is 6.07 Å². The van der Waals surface area contributed by atoms with Crippen LogP contribution in [0.2, 0.25) is 5.02 Å². The lowest BCUT2D eigenvalue weighted by Gasteiger charge is -2.40. The highest BCUT2D eigenvalue weighted by Gasteiger charge is 2.62. The summed E-state index contributed by atoms with van der Waals surface area (Å²) >= 11 is 5.96. The molecule has 0 aromatic heterocycles. The number of hydrogen-bond acceptors (Lipinski definition) is 5. The van der Waals surface area contributed by atoms with Gasteiger partial charge in [-0.2, -0.15) is 0 Å². The average Bonchev–Trinajstić information content (AvgIpc) is 3.14. The van der Waals surface area contributed by atoms with Gasteiger partial charge >= 0.3 is 11.9 Å². The van der Waals surface area contributed by atoms with Crippen LogP contribution in [0.1, 0.15) is 87.2 Å². The third kappa shape index (κ3) is 4.32. The summed E-state index contributed by atoms with van der Waals surface area (Å²) < 4.78 is 19.7. The number of ether oxygens (including phenoxy) is 1. The number of fused-ring (bicyclic) bond motifs is 2. The number of halogens is 2. The number of carbonyl (C=O) groups is 2. The van der Waals surface area contributed by atoms with Crippen molar-refractivity contribution in [3.63, 3.8) is 0 Å². The van der Waals surface area contributed by atoms with Crippen molar-refractivity contribution >= 4 is 29.2 Å². The highest BCUT2D eigenvalue weighted by Crippen LogP contribution is 2.72. The highest BCUT2D eigenvalue weighted by molar-refractivity contribution is 6.32. The van der Waals surface area contributed by atoms with Crippen molar-refractivity contribution in [2.24, 2.45) is 16.7 Å². The fourth-order valence-corrected chi connectivity index (χ4v) is 6.56. The van der Waals surface area contributed by atoms with Gasteiger partial charge in [-0.25, -0.2) is 9.18 Å². The Labute approximate surface area is 215 Å². The monoisotopic (exact) mass is 517 g/mol. The molecule has 2 fully saturated rings. The Hall–Kier alpha value is -2.80. The van der Waals surface area contributed by atoms with Gasteiger partial charge in [-0.15, -0.1) is 0 Å². The molecule has 2 aliphatic carbocycles. The van der Waals surface area contributed by atoms with Crippen molar-refractivity contribution in [3.05, 3.63) is 51.8 Å². The van der Waals surface area contributed by atoms with Gasteiger partial charge in [0.25, 0.3) is 0 Å². The van der Waals surface area contributed by atoms with Gasteiger partial charge in [0.05, 0.1) is 5.02 Å². The largest absolute Gasteiger partial charge is 0.506 e. The van der Waals surface area contributed by atoms with E-state index in [0.29, 0.717) is 23.6 Å². The van der Waals surface area contributed by atoms with Gasteiger partial charge in [0.2, 0.25) is 0 Å². The number of benzene rings is 2. The highest BCUT2D eigenvalue weighted by atomic mass is 35.5. The van der Waals surface area contributed by atoms with Crippen LogP contribution in [0.5, 0.6) is 11.5 Å². The lowest BCUT2D eigenvalue weighted by Crippen LogP contribution is -2.32. The minimum absolute atomic E-state index is 0.0210. The van der Waals surface area contributed by atoms with E-state index in [1.807, 2.05) is 6.92 Å². The molecule has 3 N–H and O–H groups in total. The van der Waals surface area contributed by atoms with Crippen LogP contribution in [0.25, 0.3) is 0 Å². The maximum absolute atomic E-state index is 14.0. The summed E-state index contributed by atoms with van der Waals surface area (Å²) in [6.07, 6.45) is 3.67. The average molecular weight is 518 g/mol. The zero-order valence-electron chi connectivity index (χ0n) is 21.1. The van der Waals surface area contributed by atoms with Crippen molar-refractivity contribution in [3.8, 4) is 11.5 Å². The first-order chi connectivity index (χ1) is 16.9. The van der Waals surface area contributed by atoms with E-state index < -0.39 is 17.8 Å². The second kappa shape index (κ2) is 9.58. The molecule has 36 heavy (non-hydrogen) atoms. The molecule has 6 nitrogen and oxygen atoms in total. The molecule has 2 bridgehead atoms. The quantitative estimate of drug-likeness (QED) is 0.254. The summed E-state index contributed by atoms with van der Waals surface area (Å²) in [7, 11) is 0. The summed E-state index contributed by atoms with van der Waals surface area (Å²) in [6.45, 7) is 8.65. The third-order valence-electron chi connectivity index (χ3n) is 8.82. The van der Waals surface area contributed by atoms with Gasteiger partial charge in [0.1, 0.15) is 17.1 Å². The molecule has 3 unspecified atom stereocenters. The lowest BCUT2D eigenvalue weighted by atomic mass is 9.64. The second-order valence-corrected chi connectivity index (χ2v) is 11.3. The number of esters is 1. The molecule has 0 radical (unpaired) electrons. The maximum Gasteiger partial charge on any atom is 0.339 e. The predicted octanol–water partition coefficient (Wildman–Crippen LogP) is 7.13. The Morgan fingerprint density at radius 2 is 1.97 bits per heavy atom. The predicted molar refractivity (Wildman–Crippen MR) is 136 cm³/mol. The lowest BCUT2D eigenvalue weighted by molar-refractivity contribution is -0.134. The van der Waals surface area contributed by atoms with E-state index in [9.17, 15) is 24.2 Å². The maximum atomic E-state index is 14.0. The minimum Gasteiger partial charge on any atom is -0.506 e. The van der Waals surface area contributed by atoms with Gasteiger partial charge in [-0.1, -0.05) is 39.3 Å². The molecular weight excluding hydrogens is 485 g/mol. The normalized spacial score (nSPS) is 24.1. The van der Waals surface area contributed by atoms with Gasteiger partial charge in [-0.05, 0) is 72.6 Å². The summed E-state index contributed by atoms with van der Waals surface area (Å²) in [6, 6.07) is 5.32. The van der Waals surface area contributed by atoms with E-state index >= 15 is 0 Å². The fraction of sp³-hybridized carbons (Fsp3) is 0.500. The fourth-order valence-electron chi connectivity index (χ4n) is 6.33. The standard InChI is InChI=1S/C28H33ClFNO5/c1-5-6-22(32)36-25-18(26(34)35)7-8-21(31-14-15-11-17(30)13-20(29)24(15)33)23(25)19-12-16-9-10-28(19,4)27(16,2)3/h7-8,11,13,16,19,31,33H,5-6,9-10,12,14H2,1-4H3,(H,34,35). The number of carboxylic acid groups (broad SMARTS) is 1. The van der Waals surface area contributed by atoms with Crippen LogP contribution in [0.15, 0.2) is 24.3 Å². The van der Waals surface area contributed by atoms with E-state index in [0.717, 1.165) is 25.3 Å². The summed E-state index contributed by atoms with van der Waals surface area (Å²) in [5.41, 5.74) is 1.32. The summed E-state index contributed by atoms with van der Waals surface area (Å²) in [5, 5.41) is 23.5.